The van der Waals surface area contributed by atoms with E-state index in [4.69, 9.17) is 15.3 Å². The van der Waals surface area contributed by atoms with Crippen molar-refractivity contribution in [1.82, 2.24) is 0 Å². The van der Waals surface area contributed by atoms with Crippen molar-refractivity contribution >= 4 is 5.97 Å². The zero-order valence-electron chi connectivity index (χ0n) is 7.41. The molecule has 0 heterocycles. The van der Waals surface area contributed by atoms with Crippen LogP contribution in [0.3, 0.4) is 0 Å². The van der Waals surface area contributed by atoms with Gasteiger partial charge in [-0.3, -0.25) is 0 Å². The van der Waals surface area contributed by atoms with Gasteiger partial charge in [0.2, 0.25) is 0 Å². The van der Waals surface area contributed by atoms with Gasteiger partial charge in [0, 0.05) is 5.57 Å². The molecular formula is C9H10N2O2. The molecule has 68 valence electrons. The number of carbonyl (C=O) groups excluding carboxylic acids is 1. The minimum absolute atomic E-state index is 0.0343. The first-order valence-electron chi connectivity index (χ1n) is 3.72. The Balaban J connectivity index is 4.12. The molecule has 0 aliphatic heterocycles. The minimum Gasteiger partial charge on any atom is -0.457 e. The molecule has 0 aliphatic carbocycles. The van der Waals surface area contributed by atoms with Gasteiger partial charge in [0.1, 0.15) is 6.10 Å². The maximum atomic E-state index is 11.0. The summed E-state index contributed by atoms with van der Waals surface area (Å²) in [7, 11) is 0. The van der Waals surface area contributed by atoms with Crippen molar-refractivity contribution in [3.63, 3.8) is 0 Å². The number of carbonyl (C=O) groups is 1. The van der Waals surface area contributed by atoms with Crippen LogP contribution in [0.15, 0.2) is 12.2 Å². The molecule has 4 nitrogen and oxygen atoms in total. The van der Waals surface area contributed by atoms with Crippen LogP contribution in [0.25, 0.3) is 0 Å². The smallest absolute Gasteiger partial charge is 0.333 e. The molecule has 0 spiro atoms. The Morgan fingerprint density at radius 2 is 1.92 bits per heavy atom. The lowest BCUT2D eigenvalue weighted by Crippen LogP contribution is -2.17. The van der Waals surface area contributed by atoms with Crippen LogP contribution in [0.1, 0.15) is 19.8 Å². The lowest BCUT2D eigenvalue weighted by atomic mass is 10.2. The van der Waals surface area contributed by atoms with Crippen LogP contribution in [-0.4, -0.2) is 12.1 Å². The molecule has 0 radical (unpaired) electrons. The van der Waals surface area contributed by atoms with Gasteiger partial charge in [-0.1, -0.05) is 6.58 Å². The summed E-state index contributed by atoms with van der Waals surface area (Å²) in [6.07, 6.45) is -0.571. The van der Waals surface area contributed by atoms with Gasteiger partial charge in [-0.25, -0.2) is 4.79 Å². The fourth-order valence-electron chi connectivity index (χ4n) is 0.611. The molecule has 0 N–H and O–H groups in total. The maximum Gasteiger partial charge on any atom is 0.333 e. The van der Waals surface area contributed by atoms with Gasteiger partial charge in [0.15, 0.2) is 0 Å². The summed E-state index contributed by atoms with van der Waals surface area (Å²) in [5.41, 5.74) is 0.265. The van der Waals surface area contributed by atoms with E-state index in [1.807, 2.05) is 12.1 Å². The summed E-state index contributed by atoms with van der Waals surface area (Å²) < 4.78 is 4.81. The Bertz CT molecular complexity index is 267. The molecule has 0 amide bonds. The molecule has 0 fully saturated rings. The van der Waals surface area contributed by atoms with Crippen LogP contribution >= 0.6 is 0 Å². The van der Waals surface area contributed by atoms with Crippen molar-refractivity contribution in [2.45, 2.75) is 25.9 Å². The van der Waals surface area contributed by atoms with Crippen LogP contribution < -0.4 is 0 Å². The van der Waals surface area contributed by atoms with Crippen LogP contribution in [0, 0.1) is 22.7 Å². The molecule has 0 aromatic rings. The highest BCUT2D eigenvalue weighted by molar-refractivity contribution is 5.87. The molecule has 0 aromatic carbocycles. The lowest BCUT2D eigenvalue weighted by molar-refractivity contribution is -0.143. The van der Waals surface area contributed by atoms with Gasteiger partial charge < -0.3 is 4.74 Å². The molecule has 0 aliphatic rings. The summed E-state index contributed by atoms with van der Waals surface area (Å²) in [5, 5.41) is 16.7. The first kappa shape index (κ1) is 11.2. The predicted octanol–water partition coefficient (Wildman–Crippen LogP) is 1.30. The molecule has 0 aromatic heterocycles. The molecular weight excluding hydrogens is 168 g/mol. The number of hydrogen-bond donors (Lipinski definition) is 0. The van der Waals surface area contributed by atoms with Crippen LogP contribution in [0.5, 0.6) is 0 Å². The summed E-state index contributed by atoms with van der Waals surface area (Å²) in [4.78, 5) is 11.0. The third-order valence-corrected chi connectivity index (χ3v) is 1.26. The number of hydrogen-bond acceptors (Lipinski definition) is 4. The van der Waals surface area contributed by atoms with Crippen molar-refractivity contribution in [2.24, 2.45) is 0 Å². The second-order valence-electron chi connectivity index (χ2n) is 2.53. The molecule has 0 rings (SSSR count). The van der Waals surface area contributed by atoms with E-state index in [-0.39, 0.29) is 18.4 Å². The van der Waals surface area contributed by atoms with Crippen LogP contribution in [0.2, 0.25) is 0 Å². The largest absolute Gasteiger partial charge is 0.457 e. The predicted molar refractivity (Wildman–Crippen MR) is 45.2 cm³/mol. The molecule has 13 heavy (non-hydrogen) atoms. The van der Waals surface area contributed by atoms with Crippen molar-refractivity contribution < 1.29 is 9.53 Å². The third-order valence-electron chi connectivity index (χ3n) is 1.26. The average Bonchev–Trinajstić information content (AvgIpc) is 2.05. The monoisotopic (exact) mass is 178 g/mol. The van der Waals surface area contributed by atoms with Crippen molar-refractivity contribution in [3.8, 4) is 12.1 Å². The Morgan fingerprint density at radius 3 is 2.23 bits per heavy atom. The van der Waals surface area contributed by atoms with Gasteiger partial charge in [0.25, 0.3) is 0 Å². The van der Waals surface area contributed by atoms with Gasteiger partial charge in [-0.2, -0.15) is 10.5 Å². The molecule has 0 bridgehead atoms. The normalized spacial score (nSPS) is 8.62. The Hall–Kier alpha value is -1.81. The quantitative estimate of drug-likeness (QED) is 0.480. The van der Waals surface area contributed by atoms with Crippen molar-refractivity contribution in [3.05, 3.63) is 12.2 Å². The van der Waals surface area contributed by atoms with E-state index in [2.05, 4.69) is 6.58 Å². The number of ether oxygens (including phenoxy) is 1. The summed E-state index contributed by atoms with van der Waals surface area (Å²) in [5.74, 6) is -0.560. The van der Waals surface area contributed by atoms with E-state index in [9.17, 15) is 4.79 Å². The fraction of sp³-hybridized carbons (Fsp3) is 0.444. The zero-order chi connectivity index (χ0) is 10.3. The van der Waals surface area contributed by atoms with Gasteiger partial charge in [-0.15, -0.1) is 0 Å². The average molecular weight is 178 g/mol. The second kappa shape index (κ2) is 5.79. The zero-order valence-corrected chi connectivity index (χ0v) is 7.41. The first-order chi connectivity index (χ1) is 6.11. The fourth-order valence-corrected chi connectivity index (χ4v) is 0.611. The summed E-state index contributed by atoms with van der Waals surface area (Å²) in [6.45, 7) is 4.90. The van der Waals surface area contributed by atoms with Gasteiger partial charge >= 0.3 is 5.97 Å². The lowest BCUT2D eigenvalue weighted by Gasteiger charge is -2.10. The van der Waals surface area contributed by atoms with E-state index in [1.54, 1.807) is 0 Å². The molecule has 0 saturated carbocycles. The number of esters is 1. The number of nitriles is 2. The van der Waals surface area contributed by atoms with Crippen LogP contribution in [0.4, 0.5) is 0 Å². The Labute approximate surface area is 77.0 Å². The summed E-state index contributed by atoms with van der Waals surface area (Å²) >= 11 is 0. The van der Waals surface area contributed by atoms with Gasteiger partial charge in [0.05, 0.1) is 25.0 Å². The standard InChI is InChI=1S/C9H10N2O2/c1-7(2)9(12)13-8(3-5-10)4-6-11/h8H,1,3-4H2,2H3. The summed E-state index contributed by atoms with van der Waals surface area (Å²) in [6, 6.07) is 3.68. The number of nitrogens with zero attached hydrogens (tertiary/aromatic N) is 2. The van der Waals surface area contributed by atoms with E-state index in [0.717, 1.165) is 0 Å². The van der Waals surface area contributed by atoms with Crippen LogP contribution in [-0.2, 0) is 9.53 Å². The van der Waals surface area contributed by atoms with Crippen molar-refractivity contribution in [1.29, 1.82) is 10.5 Å². The molecule has 0 unspecified atom stereocenters. The Kier molecular flexibility index (Phi) is 4.99. The van der Waals surface area contributed by atoms with E-state index < -0.39 is 12.1 Å². The maximum absolute atomic E-state index is 11.0. The van der Waals surface area contributed by atoms with E-state index in [0.29, 0.717) is 0 Å². The number of rotatable bonds is 4. The second-order valence-corrected chi connectivity index (χ2v) is 2.53. The highest BCUT2D eigenvalue weighted by Gasteiger charge is 2.13. The molecule has 4 heteroatoms. The SMILES string of the molecule is C=C(C)C(=O)OC(CC#N)CC#N. The van der Waals surface area contributed by atoms with Crippen molar-refractivity contribution in [2.75, 3.05) is 0 Å². The van der Waals surface area contributed by atoms with E-state index >= 15 is 0 Å². The molecule has 0 atom stereocenters. The first-order valence-corrected chi connectivity index (χ1v) is 3.72. The van der Waals surface area contributed by atoms with E-state index in [1.165, 1.54) is 6.92 Å². The Morgan fingerprint density at radius 1 is 1.46 bits per heavy atom. The molecule has 0 saturated heterocycles. The highest BCUT2D eigenvalue weighted by atomic mass is 16.5. The van der Waals surface area contributed by atoms with Gasteiger partial charge in [-0.05, 0) is 6.92 Å². The topological polar surface area (TPSA) is 73.9 Å². The highest BCUT2D eigenvalue weighted by Crippen LogP contribution is 2.05. The minimum atomic E-state index is -0.640. The third kappa shape index (κ3) is 4.60.